The van der Waals surface area contributed by atoms with Crippen LogP contribution >= 0.6 is 12.2 Å². The summed E-state index contributed by atoms with van der Waals surface area (Å²) in [6, 6.07) is 0.567. The van der Waals surface area contributed by atoms with Gasteiger partial charge in [0.05, 0.1) is 6.61 Å². The van der Waals surface area contributed by atoms with E-state index in [4.69, 9.17) is 17.0 Å². The number of methoxy groups -OCH3 is 1. The average Bonchev–Trinajstić information content (AvgIpc) is 2.52. The lowest BCUT2D eigenvalue weighted by atomic mass is 10.1. The Balaban J connectivity index is 2.13. The van der Waals surface area contributed by atoms with Crippen LogP contribution < -0.4 is 10.6 Å². The van der Waals surface area contributed by atoms with Crippen LogP contribution in [0.1, 0.15) is 26.2 Å². The van der Waals surface area contributed by atoms with Gasteiger partial charge in [-0.25, -0.2) is 0 Å². The van der Waals surface area contributed by atoms with Gasteiger partial charge in [-0.05, 0) is 31.0 Å². The molecule has 0 spiro atoms. The minimum Gasteiger partial charge on any atom is -0.383 e. The van der Waals surface area contributed by atoms with Crippen molar-refractivity contribution in [2.75, 3.05) is 20.3 Å². The van der Waals surface area contributed by atoms with Crippen molar-refractivity contribution in [1.82, 2.24) is 10.6 Å². The fraction of sp³-hybridized carbons (Fsp3) is 0.900. The topological polar surface area (TPSA) is 33.3 Å². The molecule has 1 aliphatic rings. The highest BCUT2D eigenvalue weighted by molar-refractivity contribution is 7.80. The molecular formula is C10H20N2OS. The van der Waals surface area contributed by atoms with Crippen LogP contribution in [-0.2, 0) is 4.74 Å². The molecule has 0 bridgehead atoms. The van der Waals surface area contributed by atoms with E-state index in [1.807, 2.05) is 0 Å². The fourth-order valence-electron chi connectivity index (χ4n) is 1.85. The van der Waals surface area contributed by atoms with E-state index in [0.717, 1.165) is 17.6 Å². The summed E-state index contributed by atoms with van der Waals surface area (Å²) in [7, 11) is 1.69. The maximum Gasteiger partial charge on any atom is 0.166 e. The van der Waals surface area contributed by atoms with Crippen LogP contribution in [0.3, 0.4) is 0 Å². The molecule has 0 aromatic carbocycles. The largest absolute Gasteiger partial charge is 0.383 e. The SMILES string of the molecule is COCCNC(=S)NC1CCCC1C. The maximum absolute atomic E-state index is 5.18. The molecular weight excluding hydrogens is 196 g/mol. The average molecular weight is 216 g/mol. The van der Waals surface area contributed by atoms with E-state index >= 15 is 0 Å². The van der Waals surface area contributed by atoms with Crippen molar-refractivity contribution >= 4 is 17.3 Å². The van der Waals surface area contributed by atoms with Crippen LogP contribution in [-0.4, -0.2) is 31.4 Å². The third-order valence-corrected chi connectivity index (χ3v) is 3.03. The van der Waals surface area contributed by atoms with Gasteiger partial charge in [-0.1, -0.05) is 13.3 Å². The van der Waals surface area contributed by atoms with Crippen molar-refractivity contribution in [3.8, 4) is 0 Å². The zero-order chi connectivity index (χ0) is 10.4. The number of rotatable bonds is 4. The molecule has 1 saturated carbocycles. The van der Waals surface area contributed by atoms with Crippen molar-refractivity contribution in [2.45, 2.75) is 32.2 Å². The molecule has 0 aromatic heterocycles. The van der Waals surface area contributed by atoms with Crippen molar-refractivity contribution in [1.29, 1.82) is 0 Å². The molecule has 1 aliphatic carbocycles. The number of thiocarbonyl (C=S) groups is 1. The number of hydrogen-bond acceptors (Lipinski definition) is 2. The van der Waals surface area contributed by atoms with Gasteiger partial charge in [-0.15, -0.1) is 0 Å². The first kappa shape index (κ1) is 11.7. The van der Waals surface area contributed by atoms with Crippen LogP contribution in [0.4, 0.5) is 0 Å². The summed E-state index contributed by atoms with van der Waals surface area (Å²) >= 11 is 5.18. The molecule has 1 fully saturated rings. The van der Waals surface area contributed by atoms with Gasteiger partial charge in [0.15, 0.2) is 5.11 Å². The van der Waals surface area contributed by atoms with Crippen LogP contribution in [0, 0.1) is 5.92 Å². The highest BCUT2D eigenvalue weighted by Gasteiger charge is 2.23. The summed E-state index contributed by atoms with van der Waals surface area (Å²) in [6.45, 7) is 3.76. The van der Waals surface area contributed by atoms with E-state index < -0.39 is 0 Å². The lowest BCUT2D eigenvalue weighted by Crippen LogP contribution is -2.43. The first-order valence-electron chi connectivity index (χ1n) is 5.27. The molecule has 82 valence electrons. The van der Waals surface area contributed by atoms with Gasteiger partial charge in [0.2, 0.25) is 0 Å². The maximum atomic E-state index is 5.18. The Kier molecular flexibility index (Phi) is 5.19. The second-order valence-corrected chi connectivity index (χ2v) is 4.32. The summed E-state index contributed by atoms with van der Waals surface area (Å²) < 4.78 is 4.93. The Bertz CT molecular complexity index is 187. The van der Waals surface area contributed by atoms with E-state index in [1.54, 1.807) is 7.11 Å². The van der Waals surface area contributed by atoms with Crippen molar-refractivity contribution in [3.05, 3.63) is 0 Å². The lowest BCUT2D eigenvalue weighted by molar-refractivity contribution is 0.203. The Morgan fingerprint density at radius 2 is 2.29 bits per heavy atom. The van der Waals surface area contributed by atoms with Gasteiger partial charge >= 0.3 is 0 Å². The van der Waals surface area contributed by atoms with E-state index in [0.29, 0.717) is 12.6 Å². The molecule has 14 heavy (non-hydrogen) atoms. The highest BCUT2D eigenvalue weighted by Crippen LogP contribution is 2.24. The molecule has 2 N–H and O–H groups in total. The van der Waals surface area contributed by atoms with Gasteiger partial charge < -0.3 is 15.4 Å². The van der Waals surface area contributed by atoms with Crippen LogP contribution in [0.15, 0.2) is 0 Å². The Morgan fingerprint density at radius 3 is 2.86 bits per heavy atom. The van der Waals surface area contributed by atoms with Crippen molar-refractivity contribution < 1.29 is 4.74 Å². The molecule has 0 aliphatic heterocycles. The second kappa shape index (κ2) is 6.19. The van der Waals surface area contributed by atoms with E-state index in [9.17, 15) is 0 Å². The normalized spacial score (nSPS) is 26.1. The van der Waals surface area contributed by atoms with Crippen LogP contribution in [0.25, 0.3) is 0 Å². The summed E-state index contributed by atoms with van der Waals surface area (Å²) in [6.07, 6.45) is 3.88. The summed E-state index contributed by atoms with van der Waals surface area (Å²) in [5.41, 5.74) is 0. The molecule has 2 atom stereocenters. The van der Waals surface area contributed by atoms with Gasteiger partial charge in [-0.2, -0.15) is 0 Å². The standard InChI is InChI=1S/C10H20N2OS/c1-8-4-3-5-9(8)12-10(14)11-6-7-13-2/h8-9H,3-7H2,1-2H3,(H2,11,12,14). The monoisotopic (exact) mass is 216 g/mol. The van der Waals surface area contributed by atoms with E-state index in [-0.39, 0.29) is 0 Å². The molecule has 2 unspecified atom stereocenters. The molecule has 0 amide bonds. The zero-order valence-corrected chi connectivity index (χ0v) is 9.82. The molecule has 0 heterocycles. The summed E-state index contributed by atoms with van der Waals surface area (Å²) in [5, 5.41) is 7.24. The number of nitrogens with one attached hydrogen (secondary N) is 2. The van der Waals surface area contributed by atoms with Gasteiger partial charge in [-0.3, -0.25) is 0 Å². The van der Waals surface area contributed by atoms with Crippen molar-refractivity contribution in [2.24, 2.45) is 5.92 Å². The summed E-state index contributed by atoms with van der Waals surface area (Å²) in [4.78, 5) is 0. The molecule has 3 nitrogen and oxygen atoms in total. The van der Waals surface area contributed by atoms with Gasteiger partial charge in [0.25, 0.3) is 0 Å². The minimum atomic E-state index is 0.567. The van der Waals surface area contributed by atoms with Crippen LogP contribution in [0.5, 0.6) is 0 Å². The summed E-state index contributed by atoms with van der Waals surface area (Å²) in [5.74, 6) is 0.747. The minimum absolute atomic E-state index is 0.567. The molecule has 1 rings (SSSR count). The zero-order valence-electron chi connectivity index (χ0n) is 9.01. The van der Waals surface area contributed by atoms with E-state index in [1.165, 1.54) is 19.3 Å². The first-order valence-corrected chi connectivity index (χ1v) is 5.68. The molecule has 0 aromatic rings. The van der Waals surface area contributed by atoms with Crippen molar-refractivity contribution in [3.63, 3.8) is 0 Å². The first-order chi connectivity index (χ1) is 6.74. The van der Waals surface area contributed by atoms with Crippen LogP contribution in [0.2, 0.25) is 0 Å². The Labute approximate surface area is 91.6 Å². The second-order valence-electron chi connectivity index (χ2n) is 3.91. The molecule has 4 heteroatoms. The third-order valence-electron chi connectivity index (χ3n) is 2.77. The highest BCUT2D eigenvalue weighted by atomic mass is 32.1. The quantitative estimate of drug-likeness (QED) is 0.548. The lowest BCUT2D eigenvalue weighted by Gasteiger charge is -2.19. The predicted molar refractivity (Wildman–Crippen MR) is 62.4 cm³/mol. The molecule has 0 saturated heterocycles. The Morgan fingerprint density at radius 1 is 1.50 bits per heavy atom. The van der Waals surface area contributed by atoms with Gasteiger partial charge in [0, 0.05) is 19.7 Å². The predicted octanol–water partition coefficient (Wildman–Crippen LogP) is 1.29. The van der Waals surface area contributed by atoms with Gasteiger partial charge in [0.1, 0.15) is 0 Å². The third kappa shape index (κ3) is 3.80. The molecule has 0 radical (unpaired) electrons. The van der Waals surface area contributed by atoms with E-state index in [2.05, 4.69) is 17.6 Å². The Hall–Kier alpha value is -0.350. The smallest absolute Gasteiger partial charge is 0.166 e. The number of hydrogen-bond donors (Lipinski definition) is 2. The number of ether oxygens (including phenoxy) is 1. The fourth-order valence-corrected chi connectivity index (χ4v) is 2.10.